The van der Waals surface area contributed by atoms with Gasteiger partial charge < -0.3 is 23.7 Å². The number of ether oxygens (including phenoxy) is 5. The maximum absolute atomic E-state index is 6.22. The Morgan fingerprint density at radius 1 is 1.00 bits per heavy atom. The van der Waals surface area contributed by atoms with E-state index < -0.39 is 12.1 Å². The summed E-state index contributed by atoms with van der Waals surface area (Å²) in [6.07, 6.45) is -1.34. The van der Waals surface area contributed by atoms with Crippen molar-refractivity contribution >= 4 is 10.8 Å². The molecule has 2 aliphatic rings. The number of fused-ring (bicyclic) bond motifs is 2. The summed E-state index contributed by atoms with van der Waals surface area (Å²) in [7, 11) is 1.63. The van der Waals surface area contributed by atoms with Gasteiger partial charge in [-0.15, -0.1) is 0 Å². The lowest BCUT2D eigenvalue weighted by molar-refractivity contribution is -0.278. The molecule has 0 unspecified atom stereocenters. The fourth-order valence-corrected chi connectivity index (χ4v) is 3.84. The van der Waals surface area contributed by atoms with Crippen LogP contribution in [-0.4, -0.2) is 43.6 Å². The zero-order chi connectivity index (χ0) is 18.3. The van der Waals surface area contributed by atoms with Crippen LogP contribution >= 0.6 is 0 Å². The van der Waals surface area contributed by atoms with Crippen LogP contribution in [0, 0.1) is 0 Å². The van der Waals surface area contributed by atoms with Crippen molar-refractivity contribution in [3.8, 4) is 0 Å². The molecule has 2 fully saturated rings. The maximum atomic E-state index is 6.22. The van der Waals surface area contributed by atoms with Crippen LogP contribution in [-0.2, 0) is 30.3 Å². The standard InChI is InChI=1S/C21H26O5/c1-13-17-18(26-21(2,3)25-17)19(20(22-4)24-13)23-12-14-9-10-15-7-5-6-8-16(15)11-14/h5-11,13,17-20H,12H2,1-4H3/t13-,17+,18+,19-,20+/m0/s1. The molecular weight excluding hydrogens is 332 g/mol. The average Bonchev–Trinajstić information content (AvgIpc) is 2.96. The Morgan fingerprint density at radius 2 is 1.73 bits per heavy atom. The van der Waals surface area contributed by atoms with Crippen molar-refractivity contribution in [3.05, 3.63) is 48.0 Å². The molecule has 0 aliphatic carbocycles. The third-order valence-electron chi connectivity index (χ3n) is 5.06. The van der Waals surface area contributed by atoms with Gasteiger partial charge in [-0.05, 0) is 43.2 Å². The topological polar surface area (TPSA) is 46.2 Å². The van der Waals surface area contributed by atoms with E-state index in [0.717, 1.165) is 5.56 Å². The highest BCUT2D eigenvalue weighted by atomic mass is 16.8. The number of benzene rings is 2. The molecule has 4 rings (SSSR count). The zero-order valence-electron chi connectivity index (χ0n) is 15.7. The van der Waals surface area contributed by atoms with Gasteiger partial charge in [0.2, 0.25) is 0 Å². The minimum absolute atomic E-state index is 0.118. The van der Waals surface area contributed by atoms with Gasteiger partial charge in [0.25, 0.3) is 0 Å². The molecule has 5 atom stereocenters. The fourth-order valence-electron chi connectivity index (χ4n) is 3.84. The third kappa shape index (κ3) is 3.38. The lowest BCUT2D eigenvalue weighted by Crippen LogP contribution is -2.56. The van der Waals surface area contributed by atoms with E-state index in [1.165, 1.54) is 10.8 Å². The summed E-state index contributed by atoms with van der Waals surface area (Å²) in [5.74, 6) is -0.653. The van der Waals surface area contributed by atoms with Crippen molar-refractivity contribution < 1.29 is 23.7 Å². The van der Waals surface area contributed by atoms with Crippen molar-refractivity contribution in [2.24, 2.45) is 0 Å². The number of hydrogen-bond donors (Lipinski definition) is 0. The second-order valence-corrected chi connectivity index (χ2v) is 7.47. The van der Waals surface area contributed by atoms with Crippen molar-refractivity contribution in [2.75, 3.05) is 7.11 Å². The number of rotatable bonds is 4. The Hall–Kier alpha value is -1.50. The van der Waals surface area contributed by atoms with Gasteiger partial charge in [-0.3, -0.25) is 0 Å². The smallest absolute Gasteiger partial charge is 0.186 e. The Balaban J connectivity index is 1.52. The predicted molar refractivity (Wildman–Crippen MR) is 97.7 cm³/mol. The molecule has 0 N–H and O–H groups in total. The summed E-state index contributed by atoms with van der Waals surface area (Å²) in [5.41, 5.74) is 1.10. The van der Waals surface area contributed by atoms with Gasteiger partial charge in [-0.2, -0.15) is 0 Å². The van der Waals surface area contributed by atoms with E-state index >= 15 is 0 Å². The van der Waals surface area contributed by atoms with Crippen LogP contribution in [0.3, 0.4) is 0 Å². The molecule has 0 amide bonds. The maximum Gasteiger partial charge on any atom is 0.186 e. The molecule has 0 saturated carbocycles. The van der Waals surface area contributed by atoms with Crippen molar-refractivity contribution in [3.63, 3.8) is 0 Å². The summed E-state index contributed by atoms with van der Waals surface area (Å²) < 4.78 is 29.8. The van der Waals surface area contributed by atoms with E-state index in [4.69, 9.17) is 23.7 Å². The first-order chi connectivity index (χ1) is 12.5. The second-order valence-electron chi connectivity index (χ2n) is 7.47. The Labute approximate surface area is 154 Å². The minimum atomic E-state index is -0.653. The molecule has 0 bridgehead atoms. The van der Waals surface area contributed by atoms with Gasteiger partial charge in [0, 0.05) is 7.11 Å². The van der Waals surface area contributed by atoms with Crippen LogP contribution < -0.4 is 0 Å². The molecule has 0 radical (unpaired) electrons. The van der Waals surface area contributed by atoms with Crippen LogP contribution in [0.4, 0.5) is 0 Å². The summed E-state index contributed by atoms with van der Waals surface area (Å²) in [4.78, 5) is 0. The van der Waals surface area contributed by atoms with Crippen molar-refractivity contribution in [2.45, 2.75) is 63.9 Å². The predicted octanol–water partition coefficient (Wildman–Crippen LogP) is 3.64. The molecule has 2 heterocycles. The summed E-state index contributed by atoms with van der Waals surface area (Å²) in [5, 5.41) is 2.42. The zero-order valence-corrected chi connectivity index (χ0v) is 15.7. The molecule has 2 saturated heterocycles. The van der Waals surface area contributed by atoms with Crippen molar-refractivity contribution in [1.29, 1.82) is 0 Å². The van der Waals surface area contributed by atoms with E-state index in [2.05, 4.69) is 30.3 Å². The highest BCUT2D eigenvalue weighted by Gasteiger charge is 2.54. The molecule has 26 heavy (non-hydrogen) atoms. The molecule has 140 valence electrons. The number of hydrogen-bond acceptors (Lipinski definition) is 5. The van der Waals surface area contributed by atoms with Gasteiger partial charge in [0.15, 0.2) is 12.1 Å². The summed E-state index contributed by atoms with van der Waals surface area (Å²) in [6, 6.07) is 14.6. The molecule has 0 spiro atoms. The lowest BCUT2D eigenvalue weighted by atomic mass is 9.99. The molecule has 2 aromatic carbocycles. The Bertz CT molecular complexity index is 774. The highest BCUT2D eigenvalue weighted by Crippen LogP contribution is 2.39. The molecule has 2 aromatic rings. The van der Waals surface area contributed by atoms with Crippen LogP contribution in [0.1, 0.15) is 26.3 Å². The van der Waals surface area contributed by atoms with Gasteiger partial charge >= 0.3 is 0 Å². The van der Waals surface area contributed by atoms with E-state index in [1.54, 1.807) is 7.11 Å². The van der Waals surface area contributed by atoms with E-state index in [1.807, 2.05) is 32.9 Å². The lowest BCUT2D eigenvalue weighted by Gasteiger charge is -2.40. The van der Waals surface area contributed by atoms with Gasteiger partial charge in [0.1, 0.15) is 18.3 Å². The van der Waals surface area contributed by atoms with Gasteiger partial charge in [-0.25, -0.2) is 0 Å². The monoisotopic (exact) mass is 358 g/mol. The quantitative estimate of drug-likeness (QED) is 0.835. The normalized spacial score (nSPS) is 33.3. The van der Waals surface area contributed by atoms with Crippen LogP contribution in [0.25, 0.3) is 10.8 Å². The van der Waals surface area contributed by atoms with E-state index in [9.17, 15) is 0 Å². The number of methoxy groups -OCH3 is 1. The van der Waals surface area contributed by atoms with Crippen LogP contribution in [0.5, 0.6) is 0 Å². The first-order valence-corrected chi connectivity index (χ1v) is 9.10. The summed E-state index contributed by atoms with van der Waals surface area (Å²) >= 11 is 0. The van der Waals surface area contributed by atoms with Crippen LogP contribution in [0.15, 0.2) is 42.5 Å². The van der Waals surface area contributed by atoms with E-state index in [0.29, 0.717) is 6.61 Å². The van der Waals surface area contributed by atoms with Gasteiger partial charge in [-0.1, -0.05) is 36.4 Å². The Kier molecular flexibility index (Phi) is 4.75. The summed E-state index contributed by atoms with van der Waals surface area (Å²) in [6.45, 7) is 6.27. The fraction of sp³-hybridized carbons (Fsp3) is 0.524. The molecule has 5 nitrogen and oxygen atoms in total. The van der Waals surface area contributed by atoms with Crippen LogP contribution in [0.2, 0.25) is 0 Å². The largest absolute Gasteiger partial charge is 0.365 e. The average molecular weight is 358 g/mol. The van der Waals surface area contributed by atoms with Crippen molar-refractivity contribution in [1.82, 2.24) is 0 Å². The van der Waals surface area contributed by atoms with E-state index in [-0.39, 0.29) is 24.4 Å². The minimum Gasteiger partial charge on any atom is -0.365 e. The first kappa shape index (κ1) is 17.9. The Morgan fingerprint density at radius 3 is 2.50 bits per heavy atom. The third-order valence-corrected chi connectivity index (χ3v) is 5.06. The molecule has 2 aliphatic heterocycles. The second kappa shape index (κ2) is 6.91. The molecule has 5 heteroatoms. The molecule has 0 aromatic heterocycles. The van der Waals surface area contributed by atoms with Gasteiger partial charge in [0.05, 0.1) is 12.7 Å². The SMILES string of the molecule is CO[C@@H]1O[C@@H](C)[C@H]2OC(C)(C)O[C@H]2[C@@H]1OCc1ccc2ccccc2c1. The first-order valence-electron chi connectivity index (χ1n) is 9.10. The molecular formula is C21H26O5. The highest BCUT2D eigenvalue weighted by molar-refractivity contribution is 5.82.